The van der Waals surface area contributed by atoms with E-state index < -0.39 is 17.0 Å². The molecule has 1 atom stereocenters. The Balaban J connectivity index is 1.23. The van der Waals surface area contributed by atoms with Crippen LogP contribution in [-0.2, 0) is 34.8 Å². The largest absolute Gasteiger partial charge is 0.466 e. The van der Waals surface area contributed by atoms with E-state index in [1.165, 1.54) is 36.2 Å². The number of nitrogens with one attached hydrogen (secondary N) is 1. The number of aryl methyl sites for hydroxylation is 2. The summed E-state index contributed by atoms with van der Waals surface area (Å²) in [6.07, 6.45) is 5.25. The van der Waals surface area contributed by atoms with Crippen LogP contribution in [0.2, 0.25) is 0 Å². The van der Waals surface area contributed by atoms with Crippen LogP contribution in [0.15, 0.2) is 108 Å². The van der Waals surface area contributed by atoms with Gasteiger partial charge in [-0.05, 0) is 98.0 Å². The highest BCUT2D eigenvalue weighted by Gasteiger charge is 2.34. The van der Waals surface area contributed by atoms with Gasteiger partial charge >= 0.3 is 5.97 Å². The van der Waals surface area contributed by atoms with Gasteiger partial charge in [-0.1, -0.05) is 42.5 Å². The smallest absolute Gasteiger partial charge is 0.306 e. The van der Waals surface area contributed by atoms with E-state index in [1.807, 2.05) is 70.8 Å². The van der Waals surface area contributed by atoms with Gasteiger partial charge in [-0.3, -0.25) is 13.9 Å². The second-order valence-corrected chi connectivity index (χ2v) is 16.2. The zero-order chi connectivity index (χ0) is 40.6. The Morgan fingerprint density at radius 2 is 1.83 bits per heavy atom. The summed E-state index contributed by atoms with van der Waals surface area (Å²) in [5, 5.41) is 22.2. The lowest BCUT2D eigenvalue weighted by atomic mass is 9.78. The monoisotopic (exact) mass is 822 g/mol. The van der Waals surface area contributed by atoms with Gasteiger partial charge in [-0.25, -0.2) is 18.4 Å². The van der Waals surface area contributed by atoms with Gasteiger partial charge in [-0.15, -0.1) is 0 Å². The standard InChI is InChI=1S/C44H44F2N6O4S2/c1-4-55-40(54)16-13-29-9-8-10-30(25-29)44(2,19-23-57-24-22-53)43-48-42(51(3)50-43)36-27-32(14-15-37(36)45)56-41-35(26-31-17-20-47-49-31)34-18-21-52(39(34)28-38(41)46)58-33-11-6-5-7-12-33/h5-12,14-15,17-18,20-21,25,27-28,53H,4,13,16,19,22-24,26H2,1-3H3,(H,47,49). The van der Waals surface area contributed by atoms with Crippen molar-refractivity contribution in [2.45, 2.75) is 49.8 Å². The molecule has 0 saturated heterocycles. The third kappa shape index (κ3) is 9.14. The van der Waals surface area contributed by atoms with Crippen molar-refractivity contribution in [3.8, 4) is 22.9 Å². The number of esters is 1. The highest BCUT2D eigenvalue weighted by atomic mass is 32.2. The minimum Gasteiger partial charge on any atom is -0.466 e. The molecule has 0 radical (unpaired) electrons. The second kappa shape index (κ2) is 18.4. The number of carbonyl (C=O) groups excluding carboxylic acids is 1. The Morgan fingerprint density at radius 3 is 2.60 bits per heavy atom. The van der Waals surface area contributed by atoms with Gasteiger partial charge in [0.25, 0.3) is 0 Å². The summed E-state index contributed by atoms with van der Waals surface area (Å²) in [6, 6.07) is 27.4. The molecular weight excluding hydrogens is 779 g/mol. The normalized spacial score (nSPS) is 12.5. The summed E-state index contributed by atoms with van der Waals surface area (Å²) in [7, 11) is 1.71. The molecule has 7 aromatic rings. The predicted molar refractivity (Wildman–Crippen MR) is 224 cm³/mol. The third-order valence-corrected chi connectivity index (χ3v) is 11.9. The number of aromatic nitrogens is 6. The number of carbonyl (C=O) groups is 1. The number of fused-ring (bicyclic) bond motifs is 1. The van der Waals surface area contributed by atoms with Crippen LogP contribution in [0.3, 0.4) is 0 Å². The molecule has 0 amide bonds. The fourth-order valence-corrected chi connectivity index (χ4v) is 8.66. The maximum atomic E-state index is 16.3. The first kappa shape index (κ1) is 40.7. The number of aromatic amines is 1. The molecule has 2 N–H and O–H groups in total. The zero-order valence-corrected chi connectivity index (χ0v) is 34.1. The summed E-state index contributed by atoms with van der Waals surface area (Å²) in [6.45, 7) is 4.23. The third-order valence-electron chi connectivity index (χ3n) is 9.97. The van der Waals surface area contributed by atoms with Crippen molar-refractivity contribution in [2.75, 3.05) is 24.7 Å². The lowest BCUT2D eigenvalue weighted by Crippen LogP contribution is -2.27. The van der Waals surface area contributed by atoms with Gasteiger partial charge in [0.15, 0.2) is 23.2 Å². The Bertz CT molecular complexity index is 2490. The Kier molecular flexibility index (Phi) is 12.9. The van der Waals surface area contributed by atoms with Crippen molar-refractivity contribution in [3.05, 3.63) is 143 Å². The first-order valence-corrected chi connectivity index (χ1v) is 21.0. The number of halogens is 2. The zero-order valence-electron chi connectivity index (χ0n) is 32.5. The molecule has 300 valence electrons. The molecule has 14 heteroatoms. The summed E-state index contributed by atoms with van der Waals surface area (Å²) in [5.74, 6) is 0.936. The van der Waals surface area contributed by atoms with Crippen LogP contribution in [0.1, 0.15) is 54.9 Å². The molecule has 0 aliphatic carbocycles. The topological polar surface area (TPSA) is 120 Å². The molecule has 0 spiro atoms. The molecule has 4 aromatic carbocycles. The van der Waals surface area contributed by atoms with Crippen LogP contribution < -0.4 is 4.74 Å². The lowest BCUT2D eigenvalue weighted by molar-refractivity contribution is -0.143. The van der Waals surface area contributed by atoms with Crippen molar-refractivity contribution in [2.24, 2.45) is 7.05 Å². The minimum absolute atomic E-state index is 0.0246. The van der Waals surface area contributed by atoms with Crippen LogP contribution in [0, 0.1) is 11.6 Å². The number of ether oxygens (including phenoxy) is 2. The van der Waals surface area contributed by atoms with Crippen LogP contribution in [0.5, 0.6) is 11.5 Å². The SMILES string of the molecule is CCOC(=O)CCc1cccc(C(C)(CCSCCO)c2nc(-c3cc(Oc4c(F)cc5c(ccn5Sc5ccccc5)c4Cc4ccn[nH]4)ccc3F)n(C)n2)c1. The van der Waals surface area contributed by atoms with Crippen molar-refractivity contribution in [1.82, 2.24) is 28.9 Å². The average molecular weight is 823 g/mol. The Labute approximate surface area is 344 Å². The molecule has 0 saturated carbocycles. The molecule has 58 heavy (non-hydrogen) atoms. The Morgan fingerprint density at radius 1 is 0.983 bits per heavy atom. The van der Waals surface area contributed by atoms with E-state index >= 15 is 8.78 Å². The molecule has 0 aliphatic rings. The first-order valence-electron chi connectivity index (χ1n) is 19.0. The van der Waals surface area contributed by atoms with Gasteiger partial charge in [0, 0.05) is 65.6 Å². The van der Waals surface area contributed by atoms with Gasteiger partial charge in [0.1, 0.15) is 11.6 Å². The molecule has 3 heterocycles. The van der Waals surface area contributed by atoms with Crippen molar-refractivity contribution >= 4 is 40.6 Å². The van der Waals surface area contributed by atoms with Gasteiger partial charge in [-0.2, -0.15) is 22.0 Å². The van der Waals surface area contributed by atoms with Crippen molar-refractivity contribution < 1.29 is 28.2 Å². The summed E-state index contributed by atoms with van der Waals surface area (Å²) in [5.41, 5.74) is 3.41. The number of benzene rings is 4. The van der Waals surface area contributed by atoms with E-state index in [4.69, 9.17) is 19.6 Å². The molecule has 3 aromatic heterocycles. The quantitative estimate of drug-likeness (QED) is 0.0645. The average Bonchev–Trinajstić information content (AvgIpc) is 3.99. The maximum absolute atomic E-state index is 16.3. The Hall–Kier alpha value is -5.44. The van der Waals surface area contributed by atoms with Crippen molar-refractivity contribution in [1.29, 1.82) is 0 Å². The maximum Gasteiger partial charge on any atom is 0.306 e. The fraction of sp³-hybridized carbons (Fsp3) is 0.273. The van der Waals surface area contributed by atoms with E-state index in [1.54, 1.807) is 36.6 Å². The van der Waals surface area contributed by atoms with E-state index in [0.29, 0.717) is 54.3 Å². The van der Waals surface area contributed by atoms with E-state index in [-0.39, 0.29) is 41.9 Å². The molecular formula is C44H44F2N6O4S2. The number of aliphatic hydroxyl groups excluding tert-OH is 1. The number of hydrogen-bond acceptors (Lipinski definition) is 9. The summed E-state index contributed by atoms with van der Waals surface area (Å²) >= 11 is 3.10. The number of rotatable bonds is 18. The fourth-order valence-electron chi connectivity index (χ4n) is 6.90. The van der Waals surface area contributed by atoms with Crippen LogP contribution in [0.4, 0.5) is 8.78 Å². The van der Waals surface area contributed by atoms with Crippen molar-refractivity contribution in [3.63, 3.8) is 0 Å². The van der Waals surface area contributed by atoms with Crippen LogP contribution in [0.25, 0.3) is 22.3 Å². The van der Waals surface area contributed by atoms with Crippen LogP contribution >= 0.6 is 23.7 Å². The summed E-state index contributed by atoms with van der Waals surface area (Å²) < 4.78 is 47.2. The molecule has 1 unspecified atom stereocenters. The van der Waals surface area contributed by atoms with Gasteiger partial charge in [0.05, 0.1) is 29.7 Å². The van der Waals surface area contributed by atoms with Gasteiger partial charge < -0.3 is 14.6 Å². The number of H-pyrrole nitrogens is 1. The molecule has 7 rings (SSSR count). The summed E-state index contributed by atoms with van der Waals surface area (Å²) in [4.78, 5) is 18.1. The second-order valence-electron chi connectivity index (χ2n) is 14.0. The minimum atomic E-state index is -0.710. The number of nitrogens with zero attached hydrogens (tertiary/aromatic N) is 5. The van der Waals surface area contributed by atoms with E-state index in [0.717, 1.165) is 27.1 Å². The predicted octanol–water partition coefficient (Wildman–Crippen LogP) is 9.29. The molecule has 10 nitrogen and oxygen atoms in total. The van der Waals surface area contributed by atoms with Gasteiger partial charge in [0.2, 0.25) is 0 Å². The highest BCUT2D eigenvalue weighted by molar-refractivity contribution is 7.99. The lowest BCUT2D eigenvalue weighted by Gasteiger charge is -2.28. The number of aliphatic hydroxyl groups is 1. The van der Waals surface area contributed by atoms with E-state index in [9.17, 15) is 9.90 Å². The molecule has 0 aliphatic heterocycles. The number of hydrogen-bond donors (Lipinski definition) is 2. The molecule has 0 bridgehead atoms. The van der Waals surface area contributed by atoms with E-state index in [2.05, 4.69) is 23.2 Å². The van der Waals surface area contributed by atoms with Crippen LogP contribution in [-0.4, -0.2) is 64.7 Å². The number of thioether (sulfide) groups is 1. The molecule has 0 fully saturated rings. The highest BCUT2D eigenvalue weighted by Crippen LogP contribution is 2.41. The first-order chi connectivity index (χ1) is 28.2.